The van der Waals surface area contributed by atoms with Gasteiger partial charge in [0.2, 0.25) is 11.8 Å². The van der Waals surface area contributed by atoms with Gasteiger partial charge in [-0.3, -0.25) is 4.79 Å². The van der Waals surface area contributed by atoms with Crippen molar-refractivity contribution in [3.8, 4) is 0 Å². The Labute approximate surface area is 93.2 Å². The summed E-state index contributed by atoms with van der Waals surface area (Å²) in [7, 11) is 0. The van der Waals surface area contributed by atoms with E-state index in [1.54, 1.807) is 13.8 Å². The topological polar surface area (TPSA) is 68.0 Å². The molecule has 1 heterocycles. The van der Waals surface area contributed by atoms with Gasteiger partial charge in [0, 0.05) is 24.8 Å². The summed E-state index contributed by atoms with van der Waals surface area (Å²) >= 11 is 5.54. The molecule has 0 spiro atoms. The zero-order valence-electron chi connectivity index (χ0n) is 8.79. The van der Waals surface area contributed by atoms with Crippen molar-refractivity contribution in [2.24, 2.45) is 5.92 Å². The van der Waals surface area contributed by atoms with Crippen LogP contribution in [0, 0.1) is 12.8 Å². The number of aryl methyl sites for hydroxylation is 1. The average molecular weight is 232 g/mol. The molecule has 1 rings (SSSR count). The van der Waals surface area contributed by atoms with Crippen LogP contribution < -0.4 is 5.32 Å². The molecule has 84 valence electrons. The molecule has 1 aromatic heterocycles. The standard InChI is InChI=1S/C9H14ClN3O2/c1-6(5-10)9(14)11-4-3-8-12-7(2)13-15-8/h6H,3-5H2,1-2H3,(H,11,14). The van der Waals surface area contributed by atoms with Crippen molar-refractivity contribution in [1.29, 1.82) is 0 Å². The quantitative estimate of drug-likeness (QED) is 0.765. The third-order valence-corrected chi connectivity index (χ3v) is 2.35. The van der Waals surface area contributed by atoms with Gasteiger partial charge in [-0.2, -0.15) is 4.98 Å². The molecule has 0 radical (unpaired) electrons. The van der Waals surface area contributed by atoms with E-state index in [9.17, 15) is 4.79 Å². The number of rotatable bonds is 5. The van der Waals surface area contributed by atoms with Crippen molar-refractivity contribution in [2.75, 3.05) is 12.4 Å². The molecule has 0 aromatic carbocycles. The van der Waals surface area contributed by atoms with Gasteiger partial charge in [0.15, 0.2) is 5.82 Å². The zero-order chi connectivity index (χ0) is 11.3. The first-order valence-corrected chi connectivity index (χ1v) is 5.29. The summed E-state index contributed by atoms with van der Waals surface area (Å²) in [5.41, 5.74) is 0. The van der Waals surface area contributed by atoms with Gasteiger partial charge in [0.05, 0.1) is 0 Å². The second-order valence-corrected chi connectivity index (χ2v) is 3.64. The van der Waals surface area contributed by atoms with E-state index >= 15 is 0 Å². The highest BCUT2D eigenvalue weighted by atomic mass is 35.5. The fourth-order valence-electron chi connectivity index (χ4n) is 0.979. The summed E-state index contributed by atoms with van der Waals surface area (Å²) < 4.78 is 4.89. The van der Waals surface area contributed by atoms with E-state index in [4.69, 9.17) is 16.1 Å². The normalized spacial score (nSPS) is 12.5. The van der Waals surface area contributed by atoms with Crippen molar-refractivity contribution < 1.29 is 9.32 Å². The Morgan fingerprint density at radius 2 is 2.40 bits per heavy atom. The Kier molecular flexibility index (Phi) is 4.55. The third kappa shape index (κ3) is 3.87. The molecule has 0 aliphatic rings. The molecule has 0 saturated heterocycles. The maximum absolute atomic E-state index is 11.3. The van der Waals surface area contributed by atoms with Gasteiger partial charge in [-0.1, -0.05) is 12.1 Å². The van der Waals surface area contributed by atoms with Crippen LogP contribution >= 0.6 is 11.6 Å². The number of alkyl halides is 1. The molecule has 0 bridgehead atoms. The molecule has 0 aliphatic carbocycles. The first kappa shape index (κ1) is 12.0. The molecule has 0 fully saturated rings. The van der Waals surface area contributed by atoms with Crippen LogP contribution in [0.3, 0.4) is 0 Å². The summed E-state index contributed by atoms with van der Waals surface area (Å²) in [6.45, 7) is 4.02. The minimum absolute atomic E-state index is 0.0544. The molecule has 1 N–H and O–H groups in total. The second kappa shape index (κ2) is 5.70. The Hall–Kier alpha value is -1.10. The van der Waals surface area contributed by atoms with E-state index in [2.05, 4.69) is 15.5 Å². The maximum atomic E-state index is 11.3. The van der Waals surface area contributed by atoms with Gasteiger partial charge >= 0.3 is 0 Å². The molecular formula is C9H14ClN3O2. The van der Waals surface area contributed by atoms with Crippen LogP contribution in [-0.2, 0) is 11.2 Å². The molecule has 1 amide bonds. The number of hydrogen-bond acceptors (Lipinski definition) is 4. The fraction of sp³-hybridized carbons (Fsp3) is 0.667. The number of amides is 1. The predicted molar refractivity (Wildman–Crippen MR) is 55.6 cm³/mol. The van der Waals surface area contributed by atoms with Crippen LogP contribution in [0.15, 0.2) is 4.52 Å². The molecule has 6 heteroatoms. The van der Waals surface area contributed by atoms with Gasteiger partial charge < -0.3 is 9.84 Å². The monoisotopic (exact) mass is 231 g/mol. The highest BCUT2D eigenvalue weighted by molar-refractivity contribution is 6.19. The minimum atomic E-state index is -0.170. The number of nitrogens with one attached hydrogen (secondary N) is 1. The van der Waals surface area contributed by atoms with Crippen molar-refractivity contribution in [1.82, 2.24) is 15.5 Å². The Bertz CT molecular complexity index is 327. The molecule has 15 heavy (non-hydrogen) atoms. The van der Waals surface area contributed by atoms with Gasteiger partial charge in [-0.25, -0.2) is 0 Å². The van der Waals surface area contributed by atoms with Crippen LogP contribution in [0.1, 0.15) is 18.6 Å². The van der Waals surface area contributed by atoms with Gasteiger partial charge in [-0.05, 0) is 6.92 Å². The summed E-state index contributed by atoms with van der Waals surface area (Å²) in [5, 5.41) is 6.39. The third-order valence-electron chi connectivity index (χ3n) is 1.89. The number of nitrogens with zero attached hydrogens (tertiary/aromatic N) is 2. The van der Waals surface area contributed by atoms with Gasteiger partial charge in [0.25, 0.3) is 0 Å². The van der Waals surface area contributed by atoms with Crippen molar-refractivity contribution >= 4 is 17.5 Å². The minimum Gasteiger partial charge on any atom is -0.355 e. The van der Waals surface area contributed by atoms with Crippen LogP contribution in [0.2, 0.25) is 0 Å². The predicted octanol–water partition coefficient (Wildman–Crippen LogP) is 0.912. The van der Waals surface area contributed by atoms with Crippen LogP contribution in [0.4, 0.5) is 0 Å². The molecule has 1 unspecified atom stereocenters. The van der Waals surface area contributed by atoms with E-state index in [1.165, 1.54) is 0 Å². The van der Waals surface area contributed by atoms with E-state index in [-0.39, 0.29) is 11.8 Å². The lowest BCUT2D eigenvalue weighted by Crippen LogP contribution is -2.31. The van der Waals surface area contributed by atoms with Crippen molar-refractivity contribution in [3.05, 3.63) is 11.7 Å². The van der Waals surface area contributed by atoms with E-state index < -0.39 is 0 Å². The first-order valence-electron chi connectivity index (χ1n) is 4.76. The van der Waals surface area contributed by atoms with Crippen LogP contribution in [0.5, 0.6) is 0 Å². The highest BCUT2D eigenvalue weighted by Crippen LogP contribution is 1.98. The van der Waals surface area contributed by atoms with Gasteiger partial charge in [-0.15, -0.1) is 11.6 Å². The smallest absolute Gasteiger partial charge is 0.228 e. The Balaban J connectivity index is 2.24. The molecular weight excluding hydrogens is 218 g/mol. The Morgan fingerprint density at radius 3 is 2.93 bits per heavy atom. The summed E-state index contributed by atoms with van der Waals surface area (Å²) in [6, 6.07) is 0. The highest BCUT2D eigenvalue weighted by Gasteiger charge is 2.11. The second-order valence-electron chi connectivity index (χ2n) is 3.33. The molecule has 0 aliphatic heterocycles. The molecule has 5 nitrogen and oxygen atoms in total. The van der Waals surface area contributed by atoms with E-state index in [1.807, 2.05) is 0 Å². The average Bonchev–Trinajstić information content (AvgIpc) is 2.63. The number of hydrogen-bond donors (Lipinski definition) is 1. The SMILES string of the molecule is Cc1noc(CCNC(=O)C(C)CCl)n1. The number of aromatic nitrogens is 2. The zero-order valence-corrected chi connectivity index (χ0v) is 9.54. The van der Waals surface area contributed by atoms with Gasteiger partial charge in [0.1, 0.15) is 0 Å². The number of carbonyl (C=O) groups is 1. The number of halogens is 1. The summed E-state index contributed by atoms with van der Waals surface area (Å²) in [5.74, 6) is 1.24. The summed E-state index contributed by atoms with van der Waals surface area (Å²) in [6.07, 6.45) is 0.543. The summed E-state index contributed by atoms with van der Waals surface area (Å²) in [4.78, 5) is 15.3. The van der Waals surface area contributed by atoms with Crippen molar-refractivity contribution in [3.63, 3.8) is 0 Å². The van der Waals surface area contributed by atoms with Crippen molar-refractivity contribution in [2.45, 2.75) is 20.3 Å². The molecule has 1 aromatic rings. The molecule has 1 atom stereocenters. The Morgan fingerprint density at radius 1 is 1.67 bits per heavy atom. The van der Waals surface area contributed by atoms with E-state index in [0.717, 1.165) is 0 Å². The lowest BCUT2D eigenvalue weighted by Gasteiger charge is -2.07. The lowest BCUT2D eigenvalue weighted by atomic mass is 10.2. The first-order chi connectivity index (χ1) is 7.13. The van der Waals surface area contributed by atoms with E-state index in [0.29, 0.717) is 30.6 Å². The largest absolute Gasteiger partial charge is 0.355 e. The van der Waals surface area contributed by atoms with Crippen LogP contribution in [0.25, 0.3) is 0 Å². The molecule has 0 saturated carbocycles. The lowest BCUT2D eigenvalue weighted by molar-refractivity contribution is -0.123. The maximum Gasteiger partial charge on any atom is 0.228 e. The van der Waals surface area contributed by atoms with Crippen LogP contribution in [-0.4, -0.2) is 28.5 Å². The fourth-order valence-corrected chi connectivity index (χ4v) is 1.12. The number of carbonyl (C=O) groups excluding carboxylic acids is 1.